The zero-order valence-corrected chi connectivity index (χ0v) is 15.4. The van der Waals surface area contributed by atoms with E-state index < -0.39 is 0 Å². The van der Waals surface area contributed by atoms with Crippen LogP contribution >= 0.6 is 0 Å². The second-order valence-corrected chi connectivity index (χ2v) is 5.04. The maximum absolute atomic E-state index is 5.70. The highest BCUT2D eigenvalue weighted by Gasteiger charge is 2.10. The van der Waals surface area contributed by atoms with Gasteiger partial charge in [-0.15, -0.1) is 12.8 Å². The summed E-state index contributed by atoms with van der Waals surface area (Å²) in [7, 11) is 3.24. The molecule has 0 aromatic heterocycles. The van der Waals surface area contributed by atoms with E-state index in [0.29, 0.717) is 75.5 Å². The average Bonchev–Trinajstić information content (AvgIpc) is 2.67. The van der Waals surface area contributed by atoms with Crippen LogP contribution in [-0.2, 0) is 18.9 Å². The molecule has 6 heteroatoms. The van der Waals surface area contributed by atoms with Gasteiger partial charge in [0.15, 0.2) is 0 Å². The molecule has 0 aliphatic carbocycles. The van der Waals surface area contributed by atoms with Gasteiger partial charge in [0.1, 0.15) is 24.7 Å². The molecule has 6 nitrogen and oxygen atoms in total. The number of terminal acetylenes is 2. The summed E-state index contributed by atoms with van der Waals surface area (Å²) in [6, 6.07) is 3.40. The minimum atomic E-state index is 0.355. The standard InChI is InChI=1S/C20H26O6/c1-5-17-15-18(6-2)20(26-14-12-24-10-8-22-4)16-19(17)25-13-11-23-9-7-21-3/h1-2,15-16H,7-14H2,3-4H3. The first-order chi connectivity index (χ1) is 12.8. The van der Waals surface area contributed by atoms with Crippen LogP contribution in [0.5, 0.6) is 11.5 Å². The third-order valence-electron chi connectivity index (χ3n) is 3.23. The summed E-state index contributed by atoms with van der Waals surface area (Å²) >= 11 is 0. The van der Waals surface area contributed by atoms with E-state index in [-0.39, 0.29) is 0 Å². The molecule has 0 atom stereocenters. The first-order valence-electron chi connectivity index (χ1n) is 8.27. The van der Waals surface area contributed by atoms with Gasteiger partial charge in [-0.2, -0.15) is 0 Å². The highest BCUT2D eigenvalue weighted by molar-refractivity contribution is 5.57. The van der Waals surface area contributed by atoms with Gasteiger partial charge in [0.05, 0.1) is 50.8 Å². The molecule has 0 aliphatic heterocycles. The molecule has 0 saturated carbocycles. The van der Waals surface area contributed by atoms with Crippen LogP contribution in [0.1, 0.15) is 11.1 Å². The lowest BCUT2D eigenvalue weighted by atomic mass is 10.1. The lowest BCUT2D eigenvalue weighted by Gasteiger charge is -2.14. The molecule has 0 unspecified atom stereocenters. The fourth-order valence-electron chi connectivity index (χ4n) is 1.94. The summed E-state index contributed by atoms with van der Waals surface area (Å²) in [4.78, 5) is 0. The maximum Gasteiger partial charge on any atom is 0.138 e. The Kier molecular flexibility index (Phi) is 11.8. The van der Waals surface area contributed by atoms with Crippen molar-refractivity contribution in [2.24, 2.45) is 0 Å². The van der Waals surface area contributed by atoms with Gasteiger partial charge < -0.3 is 28.4 Å². The van der Waals surface area contributed by atoms with E-state index in [1.807, 2.05) is 0 Å². The van der Waals surface area contributed by atoms with Crippen molar-refractivity contribution < 1.29 is 28.4 Å². The Morgan fingerprint density at radius 2 is 1.08 bits per heavy atom. The molecule has 0 heterocycles. The lowest BCUT2D eigenvalue weighted by molar-refractivity contribution is 0.0532. The summed E-state index contributed by atoms with van der Waals surface area (Å²) in [6.07, 6.45) is 11.1. The largest absolute Gasteiger partial charge is 0.490 e. The van der Waals surface area contributed by atoms with E-state index in [0.717, 1.165) is 0 Å². The van der Waals surface area contributed by atoms with Crippen LogP contribution in [0.4, 0.5) is 0 Å². The Hall–Kier alpha value is -2.22. The summed E-state index contributed by atoms with van der Waals surface area (Å²) in [5.74, 6) is 6.20. The van der Waals surface area contributed by atoms with Crippen molar-refractivity contribution in [1.29, 1.82) is 0 Å². The summed E-state index contributed by atoms with van der Waals surface area (Å²) in [5.41, 5.74) is 1.14. The second-order valence-electron chi connectivity index (χ2n) is 5.04. The van der Waals surface area contributed by atoms with E-state index in [4.69, 9.17) is 41.3 Å². The molecule has 0 amide bonds. The van der Waals surface area contributed by atoms with Crippen molar-refractivity contribution in [2.45, 2.75) is 0 Å². The van der Waals surface area contributed by atoms with E-state index in [2.05, 4.69) is 11.8 Å². The first kappa shape index (κ1) is 21.8. The molecule has 0 bridgehead atoms. The van der Waals surface area contributed by atoms with Crippen LogP contribution in [-0.4, -0.2) is 67.1 Å². The molecule has 26 heavy (non-hydrogen) atoms. The van der Waals surface area contributed by atoms with Crippen molar-refractivity contribution in [3.05, 3.63) is 23.3 Å². The monoisotopic (exact) mass is 362 g/mol. The molecular weight excluding hydrogens is 336 g/mol. The van der Waals surface area contributed by atoms with Gasteiger partial charge in [0, 0.05) is 20.3 Å². The number of rotatable bonds is 14. The first-order valence-corrected chi connectivity index (χ1v) is 8.27. The van der Waals surface area contributed by atoms with Crippen molar-refractivity contribution in [1.82, 2.24) is 0 Å². The van der Waals surface area contributed by atoms with Crippen molar-refractivity contribution in [2.75, 3.05) is 67.1 Å². The van der Waals surface area contributed by atoms with Crippen LogP contribution in [0, 0.1) is 24.7 Å². The minimum absolute atomic E-state index is 0.355. The molecule has 0 fully saturated rings. The molecule has 0 spiro atoms. The molecule has 142 valence electrons. The third kappa shape index (κ3) is 8.24. The zero-order chi connectivity index (χ0) is 19.0. The van der Waals surface area contributed by atoms with E-state index >= 15 is 0 Å². The molecule has 1 aromatic rings. The number of hydrogen-bond acceptors (Lipinski definition) is 6. The molecule has 0 saturated heterocycles. The number of benzene rings is 1. The van der Waals surface area contributed by atoms with Gasteiger partial charge in [-0.25, -0.2) is 0 Å². The van der Waals surface area contributed by atoms with Gasteiger partial charge in [-0.3, -0.25) is 0 Å². The number of ether oxygens (including phenoxy) is 6. The summed E-state index contributed by atoms with van der Waals surface area (Å²) in [5, 5.41) is 0. The summed E-state index contributed by atoms with van der Waals surface area (Å²) < 4.78 is 32.0. The van der Waals surface area contributed by atoms with Crippen LogP contribution in [0.25, 0.3) is 0 Å². The molecule has 0 N–H and O–H groups in total. The van der Waals surface area contributed by atoms with Crippen molar-refractivity contribution >= 4 is 0 Å². The smallest absolute Gasteiger partial charge is 0.138 e. The van der Waals surface area contributed by atoms with Crippen molar-refractivity contribution in [3.8, 4) is 36.2 Å². The van der Waals surface area contributed by atoms with Gasteiger partial charge >= 0.3 is 0 Å². The molecular formula is C20H26O6. The molecule has 0 radical (unpaired) electrons. The van der Waals surface area contributed by atoms with E-state index in [9.17, 15) is 0 Å². The maximum atomic E-state index is 5.70. The Labute approximate surface area is 155 Å². The van der Waals surface area contributed by atoms with Crippen LogP contribution in [0.3, 0.4) is 0 Å². The second kappa shape index (κ2) is 14.0. The van der Waals surface area contributed by atoms with Gasteiger partial charge in [-0.05, 0) is 6.07 Å². The Bertz CT molecular complexity index is 550. The Balaban J connectivity index is 2.60. The van der Waals surface area contributed by atoms with E-state index in [1.54, 1.807) is 26.4 Å². The third-order valence-corrected chi connectivity index (χ3v) is 3.23. The predicted molar refractivity (Wildman–Crippen MR) is 98.7 cm³/mol. The van der Waals surface area contributed by atoms with Gasteiger partial charge in [-0.1, -0.05) is 11.8 Å². The predicted octanol–water partition coefficient (Wildman–Crippen LogP) is 1.73. The fraction of sp³-hybridized carbons (Fsp3) is 0.500. The topological polar surface area (TPSA) is 55.4 Å². The van der Waals surface area contributed by atoms with Crippen molar-refractivity contribution in [3.63, 3.8) is 0 Å². The lowest BCUT2D eigenvalue weighted by Crippen LogP contribution is -2.12. The zero-order valence-electron chi connectivity index (χ0n) is 15.4. The number of methoxy groups -OCH3 is 2. The van der Waals surface area contributed by atoms with E-state index in [1.165, 1.54) is 0 Å². The van der Waals surface area contributed by atoms with Gasteiger partial charge in [0.2, 0.25) is 0 Å². The molecule has 1 rings (SSSR count). The fourth-order valence-corrected chi connectivity index (χ4v) is 1.94. The summed E-state index contributed by atoms with van der Waals surface area (Å²) in [6.45, 7) is 3.65. The minimum Gasteiger partial charge on any atom is -0.490 e. The average molecular weight is 362 g/mol. The SMILES string of the molecule is C#Cc1cc(C#C)c(OCCOCCOC)cc1OCCOCCOC. The van der Waals surface area contributed by atoms with Crippen LogP contribution < -0.4 is 9.47 Å². The van der Waals surface area contributed by atoms with Gasteiger partial charge in [0.25, 0.3) is 0 Å². The molecule has 0 aliphatic rings. The van der Waals surface area contributed by atoms with Crippen LogP contribution in [0.2, 0.25) is 0 Å². The highest BCUT2D eigenvalue weighted by Crippen LogP contribution is 2.28. The Morgan fingerprint density at radius 1 is 0.654 bits per heavy atom. The normalized spacial score (nSPS) is 10.2. The number of hydrogen-bond donors (Lipinski definition) is 0. The quantitative estimate of drug-likeness (QED) is 0.371. The van der Waals surface area contributed by atoms with Crippen LogP contribution in [0.15, 0.2) is 12.1 Å². The Morgan fingerprint density at radius 3 is 1.46 bits per heavy atom. The highest BCUT2D eigenvalue weighted by atomic mass is 16.5. The molecule has 1 aromatic carbocycles.